The summed E-state index contributed by atoms with van der Waals surface area (Å²) < 4.78 is 0. The van der Waals surface area contributed by atoms with E-state index in [1.165, 1.54) is 0 Å². The number of hydrogen-bond donors (Lipinski definition) is 0. The number of hydrogen-bond acceptors (Lipinski definition) is 4. The van der Waals surface area contributed by atoms with Gasteiger partial charge in [0.1, 0.15) is 0 Å². The largest absolute Gasteiger partial charge is 0.385 e. The third-order valence-corrected chi connectivity index (χ3v) is 7.12. The molecule has 0 bridgehead atoms. The normalized spacial score (nSPS) is 11.1. The highest BCUT2D eigenvalue weighted by molar-refractivity contribution is 7.68. The van der Waals surface area contributed by atoms with Gasteiger partial charge in [0.15, 0.2) is 10.8 Å². The molecule has 0 N–H and O–H groups in total. The molecular formula is C14H12Cl2N2O2Si. The molecule has 0 aliphatic rings. The summed E-state index contributed by atoms with van der Waals surface area (Å²) >= 11 is 12.2. The van der Waals surface area contributed by atoms with E-state index in [0.29, 0.717) is 11.4 Å². The van der Waals surface area contributed by atoms with Gasteiger partial charge in [-0.1, -0.05) is 12.1 Å². The van der Waals surface area contributed by atoms with Crippen molar-refractivity contribution >= 4 is 39.7 Å². The van der Waals surface area contributed by atoms with Gasteiger partial charge in [-0.15, -0.1) is 22.2 Å². The van der Waals surface area contributed by atoms with E-state index in [1.807, 2.05) is 0 Å². The minimum Gasteiger partial charge on any atom is -0.301 e. The summed E-state index contributed by atoms with van der Waals surface area (Å²) in [6.45, 7) is -3.69. The molecule has 7 heteroatoms. The molecule has 2 rings (SSSR count). The van der Waals surface area contributed by atoms with Crippen LogP contribution in [0.25, 0.3) is 0 Å². The van der Waals surface area contributed by atoms with E-state index in [4.69, 9.17) is 22.2 Å². The quantitative estimate of drug-likeness (QED) is 0.599. The van der Waals surface area contributed by atoms with Crippen LogP contribution in [-0.4, -0.2) is 27.5 Å². The number of nitrogens with zero attached hydrogens (tertiary/aromatic N) is 2. The lowest BCUT2D eigenvalue weighted by atomic mass is 10.3. The first-order valence-corrected chi connectivity index (χ1v) is 10.3. The molecule has 0 spiro atoms. The zero-order valence-corrected chi connectivity index (χ0v) is 13.5. The Morgan fingerprint density at radius 2 is 1.29 bits per heavy atom. The van der Waals surface area contributed by atoms with Crippen LogP contribution in [0.15, 0.2) is 48.8 Å². The van der Waals surface area contributed by atoms with Gasteiger partial charge >= 0.3 is 6.69 Å². The summed E-state index contributed by atoms with van der Waals surface area (Å²) in [5.74, 6) is 0. The lowest BCUT2D eigenvalue weighted by Crippen LogP contribution is -2.44. The van der Waals surface area contributed by atoms with Crippen LogP contribution >= 0.6 is 22.2 Å². The predicted octanol–water partition coefficient (Wildman–Crippen LogP) is 2.40. The van der Waals surface area contributed by atoms with E-state index in [0.717, 1.165) is 0 Å². The number of rotatable bonds is 6. The molecule has 2 heterocycles. The number of carbonyl (C=O) groups is 2. The first-order valence-electron chi connectivity index (χ1n) is 6.24. The first-order chi connectivity index (χ1) is 10.00. The van der Waals surface area contributed by atoms with Crippen molar-refractivity contribution < 1.29 is 9.59 Å². The van der Waals surface area contributed by atoms with E-state index in [2.05, 4.69) is 9.97 Å². The van der Waals surface area contributed by atoms with Crippen molar-refractivity contribution in [1.82, 2.24) is 9.97 Å². The molecule has 0 aliphatic carbocycles. The van der Waals surface area contributed by atoms with Crippen molar-refractivity contribution in [3.8, 4) is 0 Å². The summed E-state index contributed by atoms with van der Waals surface area (Å²) in [5.41, 5.74) is 1.10. The van der Waals surface area contributed by atoms with E-state index in [9.17, 15) is 9.59 Å². The molecule has 0 amide bonds. The van der Waals surface area contributed by atoms with Gasteiger partial charge in [0.05, 0.1) is 0 Å². The highest BCUT2D eigenvalue weighted by Crippen LogP contribution is 2.21. The van der Waals surface area contributed by atoms with Gasteiger partial charge < -0.3 is 9.59 Å². The van der Waals surface area contributed by atoms with Crippen LogP contribution in [0.2, 0.25) is 0 Å². The molecule has 2 aromatic heterocycles. The monoisotopic (exact) mass is 338 g/mol. The van der Waals surface area contributed by atoms with Crippen molar-refractivity contribution in [3.05, 3.63) is 60.2 Å². The fourth-order valence-electron chi connectivity index (χ4n) is 1.71. The molecule has 21 heavy (non-hydrogen) atoms. The number of carbonyl (C=O) groups excluding carboxylic acids is 2. The van der Waals surface area contributed by atoms with Crippen LogP contribution in [0.1, 0.15) is 11.4 Å². The van der Waals surface area contributed by atoms with E-state index < -0.39 is 17.5 Å². The van der Waals surface area contributed by atoms with Gasteiger partial charge in [-0.25, -0.2) is 0 Å². The summed E-state index contributed by atoms with van der Waals surface area (Å²) in [5, 5.41) is -0.907. The average Bonchev–Trinajstić information content (AvgIpc) is 2.49. The first kappa shape index (κ1) is 15.8. The smallest absolute Gasteiger partial charge is 0.301 e. The van der Waals surface area contributed by atoms with Gasteiger partial charge in [0, 0.05) is 36.6 Å². The predicted molar refractivity (Wildman–Crippen MR) is 83.4 cm³/mol. The number of halogens is 2. The molecule has 0 fully saturated rings. The molecule has 4 nitrogen and oxygen atoms in total. The maximum absolute atomic E-state index is 12.2. The number of pyridine rings is 2. The Morgan fingerprint density at radius 3 is 1.62 bits per heavy atom. The zero-order chi connectivity index (χ0) is 15.3. The third kappa shape index (κ3) is 4.20. The van der Waals surface area contributed by atoms with Gasteiger partial charge in [-0.05, 0) is 24.3 Å². The summed E-state index contributed by atoms with van der Waals surface area (Å²) in [4.78, 5) is 32.4. The second kappa shape index (κ2) is 6.93. The zero-order valence-electron chi connectivity index (χ0n) is 11.0. The Morgan fingerprint density at radius 1 is 0.857 bits per heavy atom. The lowest BCUT2D eigenvalue weighted by Gasteiger charge is -2.13. The van der Waals surface area contributed by atoms with Crippen LogP contribution in [0, 0.1) is 0 Å². The molecule has 0 aliphatic heterocycles. The molecule has 2 aromatic rings. The average molecular weight is 339 g/mol. The summed E-state index contributed by atoms with van der Waals surface area (Å²) in [6.07, 6.45) is 3.08. The molecule has 0 saturated heterocycles. The number of aromatic nitrogens is 2. The van der Waals surface area contributed by atoms with Crippen molar-refractivity contribution in [3.63, 3.8) is 0 Å². The van der Waals surface area contributed by atoms with Crippen molar-refractivity contribution in [2.24, 2.45) is 0 Å². The van der Waals surface area contributed by atoms with Gasteiger partial charge in [0.25, 0.3) is 0 Å². The van der Waals surface area contributed by atoms with Crippen molar-refractivity contribution in [2.75, 3.05) is 0 Å². The SMILES string of the molecule is O=C(Cc1ccccn1)[Si](Cl)(Cl)C(=O)Cc1ccccn1. The maximum Gasteiger partial charge on any atom is 0.385 e. The minimum absolute atomic E-state index is 0.0337. The maximum atomic E-state index is 12.2. The van der Waals surface area contributed by atoms with Crippen LogP contribution < -0.4 is 0 Å². The Hall–Kier alpha value is -1.56. The second-order valence-corrected chi connectivity index (χ2v) is 10.7. The lowest BCUT2D eigenvalue weighted by molar-refractivity contribution is -0.115. The second-order valence-electron chi connectivity index (χ2n) is 4.42. The van der Waals surface area contributed by atoms with E-state index in [1.54, 1.807) is 48.8 Å². The Labute approximate surface area is 132 Å². The van der Waals surface area contributed by atoms with Crippen molar-refractivity contribution in [1.29, 1.82) is 0 Å². The van der Waals surface area contributed by atoms with Crippen LogP contribution in [0.3, 0.4) is 0 Å². The summed E-state index contributed by atoms with van der Waals surface area (Å²) in [6, 6.07) is 10.4. The standard InChI is InChI=1S/C14H12Cl2N2O2Si/c15-21(16,13(19)9-11-5-1-3-7-17-11)14(20)10-12-6-2-4-8-18-12/h1-8H,9-10H2. The molecule has 0 unspecified atom stereocenters. The summed E-state index contributed by atoms with van der Waals surface area (Å²) in [7, 11) is 0. The third-order valence-electron chi connectivity index (χ3n) is 2.84. The minimum atomic E-state index is -3.69. The fourth-order valence-corrected chi connectivity index (χ4v) is 3.63. The highest BCUT2D eigenvalue weighted by Gasteiger charge is 2.45. The Balaban J connectivity index is 2.06. The molecule has 0 aromatic carbocycles. The van der Waals surface area contributed by atoms with Crippen LogP contribution in [-0.2, 0) is 22.4 Å². The topological polar surface area (TPSA) is 59.9 Å². The van der Waals surface area contributed by atoms with Crippen LogP contribution in [0.5, 0.6) is 0 Å². The van der Waals surface area contributed by atoms with Gasteiger partial charge in [0.2, 0.25) is 0 Å². The van der Waals surface area contributed by atoms with Crippen molar-refractivity contribution in [2.45, 2.75) is 12.8 Å². The Bertz CT molecular complexity index is 580. The van der Waals surface area contributed by atoms with E-state index >= 15 is 0 Å². The van der Waals surface area contributed by atoms with Gasteiger partial charge in [-0.3, -0.25) is 9.97 Å². The Kier molecular flexibility index (Phi) is 5.22. The molecule has 0 radical (unpaired) electrons. The fraction of sp³-hybridized carbons (Fsp3) is 0.143. The van der Waals surface area contributed by atoms with Crippen LogP contribution in [0.4, 0.5) is 0 Å². The highest BCUT2D eigenvalue weighted by atomic mass is 35.7. The molecule has 0 atom stereocenters. The molecule has 0 saturated carbocycles. The molecule has 108 valence electrons. The molecular weight excluding hydrogens is 327 g/mol. The van der Waals surface area contributed by atoms with E-state index in [-0.39, 0.29) is 12.8 Å². The van der Waals surface area contributed by atoms with Gasteiger partial charge in [-0.2, -0.15) is 0 Å².